The molecule has 0 aliphatic carbocycles. The number of nitrogens with zero attached hydrogens (tertiary/aromatic N) is 5. The van der Waals surface area contributed by atoms with Gasteiger partial charge in [0, 0.05) is 30.8 Å². The van der Waals surface area contributed by atoms with Crippen molar-refractivity contribution in [1.82, 2.24) is 14.5 Å². The van der Waals surface area contributed by atoms with Crippen molar-refractivity contribution in [3.8, 4) is 0 Å². The van der Waals surface area contributed by atoms with Crippen molar-refractivity contribution in [3.05, 3.63) is 58.5 Å². The maximum absolute atomic E-state index is 6.30. The van der Waals surface area contributed by atoms with Crippen LogP contribution in [0, 0.1) is 0 Å². The number of aliphatic imine (C=N–C) groups is 2. The summed E-state index contributed by atoms with van der Waals surface area (Å²) in [6, 6.07) is 11.5. The van der Waals surface area contributed by atoms with Crippen LogP contribution in [0.2, 0.25) is 10.0 Å². The minimum Gasteiger partial charge on any atom is -0.331 e. The van der Waals surface area contributed by atoms with Gasteiger partial charge in [-0.05, 0) is 56.5 Å². The van der Waals surface area contributed by atoms with Crippen LogP contribution in [0.3, 0.4) is 0 Å². The first-order valence-electron chi connectivity index (χ1n) is 9.17. The van der Waals surface area contributed by atoms with E-state index in [-0.39, 0.29) is 0 Å². The Morgan fingerprint density at radius 3 is 2.62 bits per heavy atom. The number of imidazole rings is 1. The molecule has 0 bridgehead atoms. The highest BCUT2D eigenvalue weighted by atomic mass is 35.5. The number of benzene rings is 2. The molecule has 2 aromatic heterocycles. The second-order valence-electron chi connectivity index (χ2n) is 6.82. The number of pyridine rings is 1. The van der Waals surface area contributed by atoms with Gasteiger partial charge in [-0.25, -0.2) is 4.98 Å². The van der Waals surface area contributed by atoms with Crippen LogP contribution < -0.4 is 0 Å². The third-order valence-electron chi connectivity index (χ3n) is 4.95. The van der Waals surface area contributed by atoms with Gasteiger partial charge in [-0.3, -0.25) is 15.0 Å². The summed E-state index contributed by atoms with van der Waals surface area (Å²) < 4.78 is 2.12. The lowest BCUT2D eigenvalue weighted by Crippen LogP contribution is -2.02. The molecule has 0 amide bonds. The minimum absolute atomic E-state index is 0.479. The van der Waals surface area contributed by atoms with E-state index in [0.29, 0.717) is 21.4 Å². The summed E-state index contributed by atoms with van der Waals surface area (Å²) in [5.41, 5.74) is 4.97. The average Bonchev–Trinajstić information content (AvgIpc) is 3.05. The Bertz CT molecular complexity index is 1270. The molecule has 5 nitrogen and oxygen atoms in total. The Morgan fingerprint density at radius 2 is 1.86 bits per heavy atom. The molecule has 0 fully saturated rings. The van der Waals surface area contributed by atoms with Crippen LogP contribution in [0.4, 0.5) is 11.4 Å². The number of hydrogen-bond donors (Lipinski definition) is 0. The molecule has 0 unspecified atom stereocenters. The summed E-state index contributed by atoms with van der Waals surface area (Å²) >= 11 is 12.5. The molecular weight excluding hydrogens is 405 g/mol. The first-order valence-corrected chi connectivity index (χ1v) is 9.93. The molecule has 0 aliphatic rings. The van der Waals surface area contributed by atoms with E-state index >= 15 is 0 Å². The van der Waals surface area contributed by atoms with E-state index in [9.17, 15) is 0 Å². The van der Waals surface area contributed by atoms with Crippen molar-refractivity contribution in [3.63, 3.8) is 0 Å². The fraction of sp³-hybridized carbons (Fsp3) is 0.182. The lowest BCUT2D eigenvalue weighted by Gasteiger charge is -2.07. The topological polar surface area (TPSA) is 55.4 Å². The predicted octanol–water partition coefficient (Wildman–Crippen LogP) is 6.49. The second kappa shape index (κ2) is 7.93. The predicted molar refractivity (Wildman–Crippen MR) is 123 cm³/mol. The van der Waals surface area contributed by atoms with Crippen LogP contribution in [0.15, 0.2) is 52.6 Å². The number of fused-ring (bicyclic) bond motifs is 3. The third kappa shape index (κ3) is 3.63. The molecule has 0 radical (unpaired) electrons. The molecule has 2 heterocycles. The molecule has 0 saturated carbocycles. The van der Waals surface area contributed by atoms with E-state index in [2.05, 4.69) is 38.4 Å². The monoisotopic (exact) mass is 423 g/mol. The Balaban J connectivity index is 1.64. The summed E-state index contributed by atoms with van der Waals surface area (Å²) in [6.07, 6.45) is 3.27. The van der Waals surface area contributed by atoms with E-state index in [4.69, 9.17) is 28.2 Å². The summed E-state index contributed by atoms with van der Waals surface area (Å²) in [4.78, 5) is 17.9. The van der Waals surface area contributed by atoms with Gasteiger partial charge in [-0.1, -0.05) is 23.2 Å². The molecule has 146 valence electrons. The molecule has 0 aliphatic heterocycles. The molecule has 7 heteroatoms. The van der Waals surface area contributed by atoms with Crippen LogP contribution >= 0.6 is 23.2 Å². The second-order valence-corrected chi connectivity index (χ2v) is 7.64. The van der Waals surface area contributed by atoms with Gasteiger partial charge in [0.1, 0.15) is 17.2 Å². The molecule has 0 saturated heterocycles. The lowest BCUT2D eigenvalue weighted by atomic mass is 10.2. The maximum atomic E-state index is 6.30. The van der Waals surface area contributed by atoms with Crippen LogP contribution in [-0.2, 0) is 13.5 Å². The quantitative estimate of drug-likeness (QED) is 0.344. The molecule has 4 rings (SSSR count). The fourth-order valence-corrected chi connectivity index (χ4v) is 3.81. The Labute approximate surface area is 178 Å². The average molecular weight is 424 g/mol. The number of rotatable bonds is 5. The lowest BCUT2D eigenvalue weighted by molar-refractivity contribution is 0.807. The summed E-state index contributed by atoms with van der Waals surface area (Å²) in [6.45, 7) is 5.54. The van der Waals surface area contributed by atoms with Crippen LogP contribution in [0.5, 0.6) is 0 Å². The van der Waals surface area contributed by atoms with Crippen LogP contribution in [-0.4, -0.2) is 27.0 Å². The van der Waals surface area contributed by atoms with Crippen molar-refractivity contribution in [2.24, 2.45) is 17.0 Å². The van der Waals surface area contributed by atoms with E-state index in [1.807, 2.05) is 26.1 Å². The Kier molecular flexibility index (Phi) is 5.35. The highest BCUT2D eigenvalue weighted by Crippen LogP contribution is 2.40. The van der Waals surface area contributed by atoms with Crippen molar-refractivity contribution in [1.29, 1.82) is 0 Å². The number of halogens is 2. The maximum Gasteiger partial charge on any atom is 0.110 e. The van der Waals surface area contributed by atoms with Crippen molar-refractivity contribution in [2.45, 2.75) is 19.8 Å². The normalized spacial score (nSPS) is 12.1. The van der Waals surface area contributed by atoms with Crippen LogP contribution in [0.1, 0.15) is 19.2 Å². The summed E-state index contributed by atoms with van der Waals surface area (Å²) in [7, 11) is 2.03. The number of aromatic nitrogens is 3. The number of hydrogen-bond acceptors (Lipinski definition) is 4. The third-order valence-corrected chi connectivity index (χ3v) is 5.56. The smallest absolute Gasteiger partial charge is 0.110 e. The van der Waals surface area contributed by atoms with Crippen molar-refractivity contribution < 1.29 is 0 Å². The van der Waals surface area contributed by atoms with Gasteiger partial charge in [0.15, 0.2) is 0 Å². The van der Waals surface area contributed by atoms with E-state index in [1.165, 1.54) is 0 Å². The van der Waals surface area contributed by atoms with E-state index < -0.39 is 0 Å². The minimum atomic E-state index is 0.479. The van der Waals surface area contributed by atoms with Gasteiger partial charge in [0.2, 0.25) is 0 Å². The largest absolute Gasteiger partial charge is 0.331 e. The fourth-order valence-electron chi connectivity index (χ4n) is 3.41. The highest BCUT2D eigenvalue weighted by Gasteiger charge is 2.13. The van der Waals surface area contributed by atoms with Gasteiger partial charge in [-0.2, -0.15) is 0 Å². The van der Waals surface area contributed by atoms with Crippen molar-refractivity contribution >= 4 is 68.9 Å². The molecule has 0 spiro atoms. The van der Waals surface area contributed by atoms with Gasteiger partial charge in [0.05, 0.1) is 26.6 Å². The molecule has 29 heavy (non-hydrogen) atoms. The van der Waals surface area contributed by atoms with Gasteiger partial charge in [0.25, 0.3) is 0 Å². The first-order chi connectivity index (χ1) is 14.0. The van der Waals surface area contributed by atoms with E-state index in [0.717, 1.165) is 46.3 Å². The summed E-state index contributed by atoms with van der Waals surface area (Å²) in [5.74, 6) is 0.991. The Morgan fingerprint density at radius 1 is 1.10 bits per heavy atom. The summed E-state index contributed by atoms with van der Waals surface area (Å²) in [5, 5.41) is 2.04. The molecule has 0 N–H and O–H groups in total. The Hall–Kier alpha value is -2.76. The first kappa shape index (κ1) is 19.6. The van der Waals surface area contributed by atoms with E-state index in [1.54, 1.807) is 18.3 Å². The molecule has 2 aromatic carbocycles. The van der Waals surface area contributed by atoms with Crippen LogP contribution in [0.25, 0.3) is 21.9 Å². The standard InChI is InChI=1S/C22H19Cl2N5/c1-13(27-22-16(24)8-7-15(23)21(22)25-2)6-11-19-28-20-14-5-4-12-26-17(14)9-10-18(20)29(19)3/h4-5,7-10,12H,2,6,11H2,1,3H3. The molecular formula is C22H19Cl2N5. The highest BCUT2D eigenvalue weighted by molar-refractivity contribution is 6.37. The van der Waals surface area contributed by atoms with Crippen molar-refractivity contribution in [2.75, 3.05) is 0 Å². The molecule has 4 aromatic rings. The SMILES string of the molecule is C=Nc1c(Cl)ccc(Cl)c1N=C(C)CCc1nc2c3cccnc3ccc2n1C. The van der Waals surface area contributed by atoms with Gasteiger partial charge in [-0.15, -0.1) is 0 Å². The zero-order chi connectivity index (χ0) is 20.5. The number of aryl methyl sites for hydroxylation is 2. The zero-order valence-corrected chi connectivity index (χ0v) is 17.7. The molecule has 0 atom stereocenters. The van der Waals surface area contributed by atoms with Gasteiger partial charge >= 0.3 is 0 Å². The zero-order valence-electron chi connectivity index (χ0n) is 16.2. The van der Waals surface area contributed by atoms with Gasteiger partial charge < -0.3 is 4.57 Å².